The van der Waals surface area contributed by atoms with E-state index in [9.17, 15) is 4.79 Å². The molecule has 1 aromatic carbocycles. The summed E-state index contributed by atoms with van der Waals surface area (Å²) in [4.78, 5) is 12.4. The fraction of sp³-hybridized carbons (Fsp3) is 0.381. The molecular weight excluding hydrogens is 338 g/mol. The highest BCUT2D eigenvalue weighted by Gasteiger charge is 2.15. The van der Waals surface area contributed by atoms with Crippen LogP contribution >= 0.6 is 0 Å². The lowest BCUT2D eigenvalue weighted by molar-refractivity contribution is -0.116. The van der Waals surface area contributed by atoms with E-state index in [0.29, 0.717) is 19.5 Å². The summed E-state index contributed by atoms with van der Waals surface area (Å²) in [5.74, 6) is -0.0239. The number of carbonyl (C=O) groups is 1. The normalized spacial score (nSPS) is 11.0. The highest BCUT2D eigenvalue weighted by Crippen LogP contribution is 2.21. The van der Waals surface area contributed by atoms with Gasteiger partial charge in [-0.1, -0.05) is 24.3 Å². The fourth-order valence-corrected chi connectivity index (χ4v) is 3.29. The zero-order chi connectivity index (χ0) is 19.6. The molecule has 3 aromatic rings. The van der Waals surface area contributed by atoms with E-state index in [1.165, 1.54) is 11.1 Å². The Bertz CT molecular complexity index is 967. The van der Waals surface area contributed by atoms with Gasteiger partial charge in [0.2, 0.25) is 5.91 Å². The molecule has 0 radical (unpaired) electrons. The molecule has 0 aliphatic rings. The van der Waals surface area contributed by atoms with Crippen molar-refractivity contribution in [3.8, 4) is 0 Å². The summed E-state index contributed by atoms with van der Waals surface area (Å²) in [6, 6.07) is 10.3. The summed E-state index contributed by atoms with van der Waals surface area (Å²) in [5.41, 5.74) is 7.11. The smallest absolute Gasteiger partial charge is 0.226 e. The van der Waals surface area contributed by atoms with Gasteiger partial charge in [0.15, 0.2) is 0 Å². The van der Waals surface area contributed by atoms with Crippen LogP contribution in [0.3, 0.4) is 0 Å². The van der Waals surface area contributed by atoms with Gasteiger partial charge in [-0.2, -0.15) is 10.2 Å². The van der Waals surface area contributed by atoms with Crippen LogP contribution in [0.4, 0.5) is 5.69 Å². The summed E-state index contributed by atoms with van der Waals surface area (Å²) >= 11 is 0. The van der Waals surface area contributed by atoms with E-state index < -0.39 is 0 Å². The molecule has 1 N–H and O–H groups in total. The van der Waals surface area contributed by atoms with Crippen LogP contribution in [-0.2, 0) is 17.9 Å². The average Bonchev–Trinajstić information content (AvgIpc) is 3.07. The summed E-state index contributed by atoms with van der Waals surface area (Å²) in [7, 11) is 0. The molecule has 0 spiro atoms. The zero-order valence-corrected chi connectivity index (χ0v) is 16.7. The van der Waals surface area contributed by atoms with Crippen molar-refractivity contribution >= 4 is 11.6 Å². The summed E-state index contributed by atoms with van der Waals surface area (Å²) in [6.45, 7) is 11.2. The third kappa shape index (κ3) is 4.27. The van der Waals surface area contributed by atoms with Gasteiger partial charge in [0, 0.05) is 18.7 Å². The van der Waals surface area contributed by atoms with E-state index in [4.69, 9.17) is 0 Å². The second kappa shape index (κ2) is 7.78. The number of hydrogen-bond donors (Lipinski definition) is 1. The molecule has 1 amide bonds. The van der Waals surface area contributed by atoms with Gasteiger partial charge in [0.05, 0.1) is 29.3 Å². The third-order valence-electron chi connectivity index (χ3n) is 4.88. The highest BCUT2D eigenvalue weighted by atomic mass is 16.1. The first-order valence-electron chi connectivity index (χ1n) is 9.24. The Morgan fingerprint density at radius 1 is 1.04 bits per heavy atom. The van der Waals surface area contributed by atoms with Crippen LogP contribution < -0.4 is 5.32 Å². The number of benzene rings is 1. The van der Waals surface area contributed by atoms with E-state index in [-0.39, 0.29) is 5.91 Å². The first-order valence-corrected chi connectivity index (χ1v) is 9.24. The van der Waals surface area contributed by atoms with Gasteiger partial charge in [-0.05, 0) is 51.8 Å². The Morgan fingerprint density at radius 2 is 1.78 bits per heavy atom. The molecular formula is C21H27N5O. The molecule has 6 nitrogen and oxygen atoms in total. The number of rotatable bonds is 6. The number of nitrogens with one attached hydrogen (secondary N) is 1. The van der Waals surface area contributed by atoms with Crippen molar-refractivity contribution in [2.45, 2.75) is 54.1 Å². The second-order valence-electron chi connectivity index (χ2n) is 7.08. The predicted octanol–water partition coefficient (Wildman–Crippen LogP) is 3.70. The number of aromatic nitrogens is 4. The van der Waals surface area contributed by atoms with E-state index in [0.717, 1.165) is 28.5 Å². The van der Waals surface area contributed by atoms with Crippen LogP contribution in [0.2, 0.25) is 0 Å². The Kier molecular flexibility index (Phi) is 5.44. The van der Waals surface area contributed by atoms with Crippen molar-refractivity contribution in [1.82, 2.24) is 19.6 Å². The molecule has 0 saturated carbocycles. The quantitative estimate of drug-likeness (QED) is 0.724. The Morgan fingerprint density at radius 3 is 2.44 bits per heavy atom. The Labute approximate surface area is 160 Å². The lowest BCUT2D eigenvalue weighted by atomic mass is 10.1. The number of amides is 1. The van der Waals surface area contributed by atoms with Gasteiger partial charge in [-0.15, -0.1) is 0 Å². The number of carbonyl (C=O) groups excluding carboxylic acids is 1. The van der Waals surface area contributed by atoms with E-state index in [2.05, 4.69) is 34.6 Å². The van der Waals surface area contributed by atoms with Crippen molar-refractivity contribution in [2.75, 3.05) is 5.32 Å². The molecule has 0 fully saturated rings. The molecule has 3 rings (SSSR count). The fourth-order valence-electron chi connectivity index (χ4n) is 3.29. The molecule has 0 aliphatic heterocycles. The molecule has 0 aliphatic carbocycles. The molecule has 0 atom stereocenters. The maximum absolute atomic E-state index is 12.4. The van der Waals surface area contributed by atoms with Gasteiger partial charge in [-0.3, -0.25) is 14.2 Å². The molecule has 2 aromatic heterocycles. The largest absolute Gasteiger partial charge is 0.323 e. The van der Waals surface area contributed by atoms with Crippen molar-refractivity contribution in [3.63, 3.8) is 0 Å². The predicted molar refractivity (Wildman–Crippen MR) is 107 cm³/mol. The number of anilines is 1. The van der Waals surface area contributed by atoms with Gasteiger partial charge < -0.3 is 5.32 Å². The molecule has 27 heavy (non-hydrogen) atoms. The Hall–Kier alpha value is -2.89. The number of aryl methyl sites for hydroxylation is 5. The summed E-state index contributed by atoms with van der Waals surface area (Å²) < 4.78 is 3.82. The third-order valence-corrected chi connectivity index (χ3v) is 4.88. The summed E-state index contributed by atoms with van der Waals surface area (Å²) in [5, 5.41) is 12.1. The molecule has 2 heterocycles. The van der Waals surface area contributed by atoms with Gasteiger partial charge in [-0.25, -0.2) is 0 Å². The van der Waals surface area contributed by atoms with Crippen molar-refractivity contribution in [3.05, 3.63) is 64.2 Å². The first kappa shape index (κ1) is 18.9. The average molecular weight is 365 g/mol. The minimum atomic E-state index is -0.0239. The SMILES string of the molecule is Cc1cc(C)n(CCC(=O)Nc2c(C)nn(Cc3ccccc3C)c2C)n1. The highest BCUT2D eigenvalue weighted by molar-refractivity contribution is 5.91. The molecule has 0 unspecified atom stereocenters. The van der Waals surface area contributed by atoms with Gasteiger partial charge in [0.25, 0.3) is 0 Å². The van der Waals surface area contributed by atoms with E-state index >= 15 is 0 Å². The van der Waals surface area contributed by atoms with Crippen molar-refractivity contribution in [2.24, 2.45) is 0 Å². The molecule has 0 bridgehead atoms. The maximum atomic E-state index is 12.4. The van der Waals surface area contributed by atoms with Crippen LogP contribution in [0, 0.1) is 34.6 Å². The van der Waals surface area contributed by atoms with Gasteiger partial charge >= 0.3 is 0 Å². The van der Waals surface area contributed by atoms with Crippen molar-refractivity contribution < 1.29 is 4.79 Å². The van der Waals surface area contributed by atoms with E-state index in [1.807, 2.05) is 55.3 Å². The second-order valence-corrected chi connectivity index (χ2v) is 7.08. The lowest BCUT2D eigenvalue weighted by Gasteiger charge is -2.09. The summed E-state index contributed by atoms with van der Waals surface area (Å²) in [6.07, 6.45) is 0.379. The molecule has 0 saturated heterocycles. The van der Waals surface area contributed by atoms with Crippen LogP contribution in [0.1, 0.15) is 40.3 Å². The first-order chi connectivity index (χ1) is 12.8. The Balaban J connectivity index is 1.68. The molecule has 6 heteroatoms. The number of nitrogens with zero attached hydrogens (tertiary/aromatic N) is 4. The standard InChI is InChI=1S/C21H27N5O/c1-14-8-6-7-9-19(14)13-26-18(5)21(17(4)24-26)22-20(27)10-11-25-16(3)12-15(2)23-25/h6-9,12H,10-11,13H2,1-5H3,(H,22,27). The monoisotopic (exact) mass is 365 g/mol. The zero-order valence-electron chi connectivity index (χ0n) is 16.7. The van der Waals surface area contributed by atoms with Crippen LogP contribution in [0.5, 0.6) is 0 Å². The minimum absolute atomic E-state index is 0.0239. The van der Waals surface area contributed by atoms with Crippen molar-refractivity contribution in [1.29, 1.82) is 0 Å². The van der Waals surface area contributed by atoms with Crippen LogP contribution in [0.25, 0.3) is 0 Å². The van der Waals surface area contributed by atoms with Crippen LogP contribution in [0.15, 0.2) is 30.3 Å². The van der Waals surface area contributed by atoms with Crippen LogP contribution in [-0.4, -0.2) is 25.5 Å². The lowest BCUT2D eigenvalue weighted by Crippen LogP contribution is -2.16. The number of hydrogen-bond acceptors (Lipinski definition) is 3. The minimum Gasteiger partial charge on any atom is -0.323 e. The van der Waals surface area contributed by atoms with Gasteiger partial charge in [0.1, 0.15) is 0 Å². The maximum Gasteiger partial charge on any atom is 0.226 e. The van der Waals surface area contributed by atoms with E-state index in [1.54, 1.807) is 0 Å². The topological polar surface area (TPSA) is 64.7 Å². The molecule has 142 valence electrons.